The molecular weight excluding hydrogens is 362 g/mol. The number of aliphatic hydroxyl groups excluding tert-OH is 1. The fourth-order valence-corrected chi connectivity index (χ4v) is 2.68. The fraction of sp³-hybridized carbons (Fsp3) is 0.200. The zero-order valence-corrected chi connectivity index (χ0v) is 15.4. The van der Waals surface area contributed by atoms with Gasteiger partial charge in [0.1, 0.15) is 5.56 Å². The van der Waals surface area contributed by atoms with Crippen LogP contribution in [-0.2, 0) is 11.3 Å². The number of hydrogen-bond acceptors (Lipinski definition) is 7. The minimum absolute atomic E-state index is 0.0175. The lowest BCUT2D eigenvalue weighted by Gasteiger charge is -2.07. The van der Waals surface area contributed by atoms with Crippen molar-refractivity contribution >= 4 is 28.5 Å². The molecule has 8 nitrogen and oxygen atoms in total. The van der Waals surface area contributed by atoms with Gasteiger partial charge in [0, 0.05) is 17.1 Å². The zero-order chi connectivity index (χ0) is 20.3. The summed E-state index contributed by atoms with van der Waals surface area (Å²) in [5.41, 5.74) is 7.92. The van der Waals surface area contributed by atoms with Crippen LogP contribution >= 0.6 is 0 Å². The van der Waals surface area contributed by atoms with E-state index in [2.05, 4.69) is 9.98 Å². The maximum atomic E-state index is 11.9. The van der Waals surface area contributed by atoms with Crippen LogP contribution in [0.4, 0.5) is 5.69 Å². The number of carbonyl (C=O) groups excluding carboxylic acids is 2. The summed E-state index contributed by atoms with van der Waals surface area (Å²) in [4.78, 5) is 32.2. The molecule has 0 unspecified atom stereocenters. The van der Waals surface area contributed by atoms with Gasteiger partial charge in [0.05, 0.1) is 30.2 Å². The molecule has 3 rings (SSSR count). The number of rotatable bonds is 5. The van der Waals surface area contributed by atoms with Crippen LogP contribution in [0.25, 0.3) is 11.0 Å². The third-order valence-electron chi connectivity index (χ3n) is 4.10. The van der Waals surface area contributed by atoms with Gasteiger partial charge in [-0.05, 0) is 44.2 Å². The Morgan fingerprint density at radius 1 is 1.29 bits per heavy atom. The molecule has 8 heteroatoms. The molecule has 0 aliphatic heterocycles. The summed E-state index contributed by atoms with van der Waals surface area (Å²) in [5, 5.41) is 10.1. The molecule has 3 aromatic rings. The summed E-state index contributed by atoms with van der Waals surface area (Å²) in [7, 11) is 0. The van der Waals surface area contributed by atoms with Gasteiger partial charge in [-0.1, -0.05) is 0 Å². The van der Waals surface area contributed by atoms with E-state index in [1.807, 2.05) is 0 Å². The molecule has 0 aliphatic rings. The Balaban J connectivity index is 2.16. The number of esters is 1. The van der Waals surface area contributed by atoms with Crippen LogP contribution in [0, 0.1) is 6.92 Å². The van der Waals surface area contributed by atoms with Crippen molar-refractivity contribution < 1.29 is 23.8 Å². The molecule has 1 aromatic carbocycles. The predicted octanol–water partition coefficient (Wildman–Crippen LogP) is 2.14. The Labute approximate surface area is 160 Å². The number of ether oxygens (including phenoxy) is 1. The maximum absolute atomic E-state index is 11.9. The first kappa shape index (κ1) is 19.2. The molecule has 3 N–H and O–H groups in total. The van der Waals surface area contributed by atoms with E-state index in [1.165, 1.54) is 12.3 Å². The number of aromatic nitrogens is 1. The third-order valence-corrected chi connectivity index (χ3v) is 4.10. The second kappa shape index (κ2) is 8.01. The Bertz CT molecular complexity index is 1120. The summed E-state index contributed by atoms with van der Waals surface area (Å²) >= 11 is 0. The number of fused-ring (bicyclic) bond motifs is 1. The van der Waals surface area contributed by atoms with Crippen molar-refractivity contribution in [3.05, 3.63) is 64.5 Å². The lowest BCUT2D eigenvalue weighted by molar-refractivity contribution is 0.0526. The van der Waals surface area contributed by atoms with Crippen LogP contribution in [0.15, 0.2) is 45.9 Å². The minimum atomic E-state index is -0.717. The molecule has 144 valence electrons. The molecule has 0 saturated heterocycles. The molecule has 1 amide bonds. The molecule has 0 fully saturated rings. The molecule has 0 aliphatic carbocycles. The highest BCUT2D eigenvalue weighted by Crippen LogP contribution is 2.21. The topological polar surface area (TPSA) is 128 Å². The van der Waals surface area contributed by atoms with Gasteiger partial charge in [-0.2, -0.15) is 0 Å². The Hall–Kier alpha value is -3.52. The molecule has 0 saturated carbocycles. The second-order valence-corrected chi connectivity index (χ2v) is 5.98. The van der Waals surface area contributed by atoms with Crippen molar-refractivity contribution in [1.29, 1.82) is 0 Å². The quantitative estimate of drug-likeness (QED) is 0.652. The van der Waals surface area contributed by atoms with Crippen molar-refractivity contribution in [3.63, 3.8) is 0 Å². The highest BCUT2D eigenvalue weighted by Gasteiger charge is 2.14. The number of carbonyl (C=O) groups is 2. The zero-order valence-electron chi connectivity index (χ0n) is 15.4. The number of benzene rings is 1. The van der Waals surface area contributed by atoms with Crippen LogP contribution in [0.5, 0.6) is 0 Å². The summed E-state index contributed by atoms with van der Waals surface area (Å²) in [6.45, 7) is 3.50. The molecule has 0 spiro atoms. The van der Waals surface area contributed by atoms with E-state index in [0.29, 0.717) is 33.5 Å². The molecule has 2 heterocycles. The molecule has 0 bridgehead atoms. The predicted molar refractivity (Wildman–Crippen MR) is 101 cm³/mol. The number of hydrogen-bond donors (Lipinski definition) is 2. The number of amides is 1. The summed E-state index contributed by atoms with van der Waals surface area (Å²) in [6, 6.07) is 7.88. The fourth-order valence-electron chi connectivity index (χ4n) is 2.68. The van der Waals surface area contributed by atoms with E-state index < -0.39 is 11.9 Å². The van der Waals surface area contributed by atoms with Gasteiger partial charge >= 0.3 is 5.97 Å². The average molecular weight is 381 g/mol. The van der Waals surface area contributed by atoms with Crippen molar-refractivity contribution in [2.24, 2.45) is 10.7 Å². The van der Waals surface area contributed by atoms with E-state index in [4.69, 9.17) is 14.9 Å². The number of aliphatic hydroxyl groups is 1. The number of aryl methyl sites for hydroxylation is 1. The summed E-state index contributed by atoms with van der Waals surface area (Å²) < 4.78 is 10.8. The Kier molecular flexibility index (Phi) is 5.51. The first-order chi connectivity index (χ1) is 13.4. The highest BCUT2D eigenvalue weighted by atomic mass is 16.5. The van der Waals surface area contributed by atoms with Gasteiger partial charge in [0.25, 0.3) is 5.91 Å². The van der Waals surface area contributed by atoms with Crippen molar-refractivity contribution in [2.75, 3.05) is 6.61 Å². The normalized spacial score (nSPS) is 11.6. The molecular formula is C20H19N3O5. The number of pyridine rings is 1. The average Bonchev–Trinajstić information content (AvgIpc) is 2.69. The second-order valence-electron chi connectivity index (χ2n) is 5.98. The highest BCUT2D eigenvalue weighted by molar-refractivity contribution is 5.96. The Morgan fingerprint density at radius 3 is 2.61 bits per heavy atom. The van der Waals surface area contributed by atoms with E-state index in [0.717, 1.165) is 0 Å². The maximum Gasteiger partial charge on any atom is 0.338 e. The molecule has 0 radical (unpaired) electrons. The van der Waals surface area contributed by atoms with Gasteiger partial charge in [-0.3, -0.25) is 9.78 Å². The standard InChI is InChI=1S/C20H19N3O5/c1-3-27-20(26)12-4-6-14(7-5-12)23-19-16(18(21)25)8-15-13(10-24)9-22-11(2)17(15)28-19/h4-9,24H,3,10H2,1-2H3,(H2,21,25). The lowest BCUT2D eigenvalue weighted by atomic mass is 10.1. The number of nitrogens with two attached hydrogens (primary N) is 1. The van der Waals surface area contributed by atoms with Gasteiger partial charge in [0.15, 0.2) is 5.58 Å². The first-order valence-corrected chi connectivity index (χ1v) is 8.59. The van der Waals surface area contributed by atoms with Crippen molar-refractivity contribution in [3.8, 4) is 0 Å². The van der Waals surface area contributed by atoms with Crippen molar-refractivity contribution in [2.45, 2.75) is 20.5 Å². The van der Waals surface area contributed by atoms with Crippen LogP contribution in [-0.4, -0.2) is 28.6 Å². The monoisotopic (exact) mass is 381 g/mol. The van der Waals surface area contributed by atoms with Crippen LogP contribution < -0.4 is 11.3 Å². The van der Waals surface area contributed by atoms with Crippen molar-refractivity contribution in [1.82, 2.24) is 4.98 Å². The van der Waals surface area contributed by atoms with E-state index in [-0.39, 0.29) is 24.3 Å². The molecule has 2 aromatic heterocycles. The third kappa shape index (κ3) is 3.77. The number of primary amides is 1. The van der Waals surface area contributed by atoms with Gasteiger partial charge < -0.3 is 20.0 Å². The van der Waals surface area contributed by atoms with Crippen LogP contribution in [0.2, 0.25) is 0 Å². The van der Waals surface area contributed by atoms with E-state index in [1.54, 1.807) is 38.1 Å². The van der Waals surface area contributed by atoms with Crippen LogP contribution in [0.3, 0.4) is 0 Å². The van der Waals surface area contributed by atoms with E-state index >= 15 is 0 Å². The molecule has 0 atom stereocenters. The summed E-state index contributed by atoms with van der Waals surface area (Å²) in [6.07, 6.45) is 1.52. The van der Waals surface area contributed by atoms with Gasteiger partial charge in [-0.25, -0.2) is 9.79 Å². The minimum Gasteiger partial charge on any atom is -0.462 e. The largest absolute Gasteiger partial charge is 0.462 e. The van der Waals surface area contributed by atoms with E-state index in [9.17, 15) is 14.7 Å². The van der Waals surface area contributed by atoms with Gasteiger partial charge in [-0.15, -0.1) is 0 Å². The van der Waals surface area contributed by atoms with Gasteiger partial charge in [0.2, 0.25) is 5.55 Å². The number of nitrogens with zero attached hydrogens (tertiary/aromatic N) is 2. The Morgan fingerprint density at radius 2 is 2.00 bits per heavy atom. The first-order valence-electron chi connectivity index (χ1n) is 8.59. The summed E-state index contributed by atoms with van der Waals surface area (Å²) in [5.74, 6) is -1.15. The van der Waals surface area contributed by atoms with Crippen LogP contribution in [0.1, 0.15) is 38.9 Å². The molecule has 28 heavy (non-hydrogen) atoms. The smallest absolute Gasteiger partial charge is 0.338 e. The lowest BCUT2D eigenvalue weighted by Crippen LogP contribution is -2.22. The SMILES string of the molecule is CCOC(=O)c1ccc(N=c2oc3c(C)ncc(CO)c3cc2C(N)=O)cc1.